The zero-order chi connectivity index (χ0) is 20.2. The number of rotatable bonds is 4. The number of nitrogens with zero attached hydrogens (tertiary/aromatic N) is 3. The number of carbonyl (C=O) groups is 1. The van der Waals surface area contributed by atoms with Crippen molar-refractivity contribution in [1.29, 1.82) is 0 Å². The topological polar surface area (TPSA) is 48.5 Å². The van der Waals surface area contributed by atoms with Crippen molar-refractivity contribution >= 4 is 23.0 Å². The van der Waals surface area contributed by atoms with Crippen molar-refractivity contribution in [2.24, 2.45) is 11.8 Å². The number of pyridine rings is 1. The number of nitrogens with one attached hydrogen (secondary N) is 1. The average Bonchev–Trinajstić information content (AvgIpc) is 2.75. The lowest BCUT2D eigenvalue weighted by Crippen LogP contribution is -2.34. The summed E-state index contributed by atoms with van der Waals surface area (Å²) in [5.74, 6) is 1.37. The van der Waals surface area contributed by atoms with E-state index in [0.29, 0.717) is 11.6 Å². The monoisotopic (exact) mass is 392 g/mol. The largest absolute Gasteiger partial charge is 0.372 e. The zero-order valence-corrected chi connectivity index (χ0v) is 17.6. The summed E-state index contributed by atoms with van der Waals surface area (Å²) < 4.78 is 0. The van der Waals surface area contributed by atoms with Crippen LogP contribution in [0.5, 0.6) is 0 Å². The first-order valence-electron chi connectivity index (χ1n) is 11.0. The summed E-state index contributed by atoms with van der Waals surface area (Å²) in [6, 6.07) is 12.0. The second kappa shape index (κ2) is 8.85. The minimum absolute atomic E-state index is 0.164. The van der Waals surface area contributed by atoms with Crippen molar-refractivity contribution in [1.82, 2.24) is 4.98 Å². The second-order valence-corrected chi connectivity index (χ2v) is 8.77. The zero-order valence-electron chi connectivity index (χ0n) is 17.6. The Hall–Kier alpha value is -2.56. The van der Waals surface area contributed by atoms with Crippen LogP contribution in [0.25, 0.3) is 0 Å². The third kappa shape index (κ3) is 4.89. The number of hydrogen-bond acceptors (Lipinski definition) is 4. The van der Waals surface area contributed by atoms with Gasteiger partial charge in [-0.05, 0) is 73.9 Å². The molecule has 3 heterocycles. The van der Waals surface area contributed by atoms with Crippen molar-refractivity contribution in [2.75, 3.05) is 41.3 Å². The number of anilines is 3. The van der Waals surface area contributed by atoms with E-state index in [2.05, 4.69) is 46.1 Å². The Morgan fingerprint density at radius 2 is 1.62 bits per heavy atom. The van der Waals surface area contributed by atoms with E-state index in [1.54, 1.807) is 0 Å². The van der Waals surface area contributed by atoms with Gasteiger partial charge in [-0.3, -0.25) is 4.79 Å². The van der Waals surface area contributed by atoms with Crippen LogP contribution in [0.15, 0.2) is 42.6 Å². The molecule has 0 aliphatic carbocycles. The van der Waals surface area contributed by atoms with Crippen LogP contribution >= 0.6 is 0 Å². The maximum absolute atomic E-state index is 12.6. The molecule has 1 amide bonds. The van der Waals surface area contributed by atoms with Crippen LogP contribution in [0.3, 0.4) is 0 Å². The molecule has 2 aromatic rings. The maximum Gasteiger partial charge on any atom is 0.274 e. The molecule has 1 aromatic carbocycles. The van der Waals surface area contributed by atoms with E-state index in [4.69, 9.17) is 0 Å². The van der Waals surface area contributed by atoms with Gasteiger partial charge in [-0.2, -0.15) is 0 Å². The fourth-order valence-corrected chi connectivity index (χ4v) is 4.35. The van der Waals surface area contributed by atoms with Crippen LogP contribution in [0.2, 0.25) is 0 Å². The molecule has 0 radical (unpaired) electrons. The number of amides is 1. The molecule has 1 atom stereocenters. The average molecular weight is 393 g/mol. The molecule has 0 saturated carbocycles. The Morgan fingerprint density at radius 3 is 2.28 bits per heavy atom. The van der Waals surface area contributed by atoms with Gasteiger partial charge in [0.1, 0.15) is 5.69 Å². The quantitative estimate of drug-likeness (QED) is 0.811. The van der Waals surface area contributed by atoms with Gasteiger partial charge in [0.15, 0.2) is 0 Å². The van der Waals surface area contributed by atoms with Crippen LogP contribution in [0, 0.1) is 11.8 Å². The molecule has 29 heavy (non-hydrogen) atoms. The van der Waals surface area contributed by atoms with Crippen molar-refractivity contribution in [3.05, 3.63) is 48.3 Å². The van der Waals surface area contributed by atoms with Gasteiger partial charge >= 0.3 is 0 Å². The van der Waals surface area contributed by atoms with Crippen LogP contribution < -0.4 is 15.1 Å². The first-order valence-corrected chi connectivity index (χ1v) is 11.0. The Balaban J connectivity index is 1.35. The highest BCUT2D eigenvalue weighted by molar-refractivity contribution is 6.03. The smallest absolute Gasteiger partial charge is 0.274 e. The fraction of sp³-hybridized carbons (Fsp3) is 0.500. The van der Waals surface area contributed by atoms with Crippen LogP contribution in [0.4, 0.5) is 17.1 Å². The predicted octanol–water partition coefficient (Wildman–Crippen LogP) is 4.81. The molecule has 0 bridgehead atoms. The van der Waals surface area contributed by atoms with Crippen LogP contribution in [-0.4, -0.2) is 37.1 Å². The van der Waals surface area contributed by atoms with E-state index in [1.807, 2.05) is 30.5 Å². The molecule has 1 N–H and O–H groups in total. The minimum atomic E-state index is -0.164. The lowest BCUT2D eigenvalue weighted by molar-refractivity contribution is 0.102. The molecule has 1 aromatic heterocycles. The van der Waals surface area contributed by atoms with E-state index in [9.17, 15) is 4.79 Å². The molecule has 5 nitrogen and oxygen atoms in total. The maximum atomic E-state index is 12.6. The van der Waals surface area contributed by atoms with Gasteiger partial charge in [0.05, 0.1) is 11.9 Å². The van der Waals surface area contributed by atoms with E-state index in [-0.39, 0.29) is 5.91 Å². The molecule has 1 unspecified atom stereocenters. The molecule has 2 aliphatic heterocycles. The van der Waals surface area contributed by atoms with Gasteiger partial charge in [-0.15, -0.1) is 0 Å². The minimum Gasteiger partial charge on any atom is -0.372 e. The third-order valence-corrected chi connectivity index (χ3v) is 6.28. The van der Waals surface area contributed by atoms with Gasteiger partial charge < -0.3 is 15.1 Å². The molecular formula is C24H32N4O. The molecular weight excluding hydrogens is 360 g/mol. The summed E-state index contributed by atoms with van der Waals surface area (Å²) in [5, 5.41) is 2.97. The summed E-state index contributed by atoms with van der Waals surface area (Å²) in [6.07, 6.45) is 6.83. The van der Waals surface area contributed by atoms with E-state index in [1.165, 1.54) is 31.4 Å². The summed E-state index contributed by atoms with van der Waals surface area (Å²) in [5.41, 5.74) is 3.59. The normalized spacial score (nSPS) is 20.6. The standard InChI is InChI=1S/C24H32N4O/c1-18-11-14-27(15-12-18)21-7-5-20(6-8-21)26-24(29)23-10-9-22(16-25-23)28-13-3-4-19(2)17-28/h5-10,16,18-19H,3-4,11-15,17H2,1-2H3,(H,26,29). The highest BCUT2D eigenvalue weighted by Gasteiger charge is 2.18. The number of piperidine rings is 2. The van der Waals surface area contributed by atoms with Crippen LogP contribution in [-0.2, 0) is 0 Å². The third-order valence-electron chi connectivity index (χ3n) is 6.28. The van der Waals surface area contributed by atoms with Crippen LogP contribution in [0.1, 0.15) is 50.0 Å². The second-order valence-electron chi connectivity index (χ2n) is 8.77. The number of aromatic nitrogens is 1. The summed E-state index contributed by atoms with van der Waals surface area (Å²) in [7, 11) is 0. The number of benzene rings is 1. The molecule has 5 heteroatoms. The van der Waals surface area contributed by atoms with Gasteiger partial charge in [0.2, 0.25) is 0 Å². The molecule has 154 valence electrons. The Morgan fingerprint density at radius 1 is 0.897 bits per heavy atom. The Labute approximate surface area is 174 Å². The molecule has 2 saturated heterocycles. The molecule has 4 rings (SSSR count). The SMILES string of the molecule is CC1CCN(c2ccc(NC(=O)c3ccc(N4CCCC(C)C4)cn3)cc2)CC1. The van der Waals surface area contributed by atoms with Gasteiger partial charge in [0, 0.05) is 37.6 Å². The summed E-state index contributed by atoms with van der Waals surface area (Å²) in [4.78, 5) is 21.8. The molecule has 2 fully saturated rings. The van der Waals surface area contributed by atoms with Gasteiger partial charge in [0.25, 0.3) is 5.91 Å². The highest BCUT2D eigenvalue weighted by atomic mass is 16.1. The molecule has 2 aliphatic rings. The van der Waals surface area contributed by atoms with Crippen molar-refractivity contribution in [2.45, 2.75) is 39.5 Å². The summed E-state index contributed by atoms with van der Waals surface area (Å²) >= 11 is 0. The lowest BCUT2D eigenvalue weighted by Gasteiger charge is -2.32. The van der Waals surface area contributed by atoms with E-state index < -0.39 is 0 Å². The number of carbonyl (C=O) groups excluding carboxylic acids is 1. The van der Waals surface area contributed by atoms with E-state index in [0.717, 1.165) is 43.5 Å². The van der Waals surface area contributed by atoms with Gasteiger partial charge in [-0.1, -0.05) is 13.8 Å². The Kier molecular flexibility index (Phi) is 6.02. The lowest BCUT2D eigenvalue weighted by atomic mass is 9.99. The molecule has 0 spiro atoms. The highest BCUT2D eigenvalue weighted by Crippen LogP contribution is 2.25. The first kappa shape index (κ1) is 19.7. The summed E-state index contributed by atoms with van der Waals surface area (Å²) in [6.45, 7) is 8.97. The van der Waals surface area contributed by atoms with Crippen molar-refractivity contribution in [3.8, 4) is 0 Å². The van der Waals surface area contributed by atoms with Crippen molar-refractivity contribution < 1.29 is 4.79 Å². The Bertz CT molecular complexity index is 810. The van der Waals surface area contributed by atoms with E-state index >= 15 is 0 Å². The van der Waals surface area contributed by atoms with Gasteiger partial charge in [-0.25, -0.2) is 4.98 Å². The fourth-order valence-electron chi connectivity index (χ4n) is 4.35. The van der Waals surface area contributed by atoms with Crippen molar-refractivity contribution in [3.63, 3.8) is 0 Å². The first-order chi connectivity index (χ1) is 14.1. The number of hydrogen-bond donors (Lipinski definition) is 1. The predicted molar refractivity (Wildman–Crippen MR) is 120 cm³/mol.